The average molecular weight is 421 g/mol. The first kappa shape index (κ1) is 19.0. The summed E-state index contributed by atoms with van der Waals surface area (Å²) in [6.45, 7) is 9.73. The molecule has 4 bridgehead atoms. The normalized spacial score (nSPS) is 29.9. The molecule has 0 spiro atoms. The molecule has 2 heteroatoms. The van der Waals surface area contributed by atoms with E-state index in [2.05, 4.69) is 76.2 Å². The molecule has 2 aromatic heterocycles. The first-order valence-electron chi connectivity index (χ1n) is 12.4. The summed E-state index contributed by atoms with van der Waals surface area (Å²) in [6.07, 6.45) is 4.97. The fraction of sp³-hybridized carbons (Fsp3) is 0.467. The first-order valence-corrected chi connectivity index (χ1v) is 12.4. The molecule has 0 N–H and O–H groups in total. The lowest BCUT2D eigenvalue weighted by Crippen LogP contribution is -2.48. The molecule has 0 aliphatic heterocycles. The van der Waals surface area contributed by atoms with Crippen molar-refractivity contribution < 1.29 is 0 Å². The third-order valence-electron chi connectivity index (χ3n) is 10.0. The van der Waals surface area contributed by atoms with Crippen LogP contribution in [-0.2, 0) is 12.8 Å². The van der Waals surface area contributed by atoms with E-state index in [1.165, 1.54) is 46.5 Å². The lowest BCUT2D eigenvalue weighted by Gasteiger charge is -2.56. The van der Waals surface area contributed by atoms with Gasteiger partial charge in [0.15, 0.2) is 0 Å². The van der Waals surface area contributed by atoms with Crippen molar-refractivity contribution in [1.29, 1.82) is 0 Å². The second kappa shape index (κ2) is 6.10. The molecule has 6 aliphatic rings. The van der Waals surface area contributed by atoms with Gasteiger partial charge in [-0.05, 0) is 89.5 Å². The molecule has 3 aromatic rings. The van der Waals surface area contributed by atoms with Crippen molar-refractivity contribution in [3.8, 4) is 22.5 Å². The largest absolute Gasteiger partial charge is 0.253 e. The fourth-order valence-electron chi connectivity index (χ4n) is 7.39. The van der Waals surface area contributed by atoms with Crippen molar-refractivity contribution in [2.24, 2.45) is 22.7 Å². The molecule has 6 aliphatic carbocycles. The minimum absolute atomic E-state index is 0.448. The van der Waals surface area contributed by atoms with Crippen LogP contribution in [0.2, 0.25) is 0 Å². The summed E-state index contributed by atoms with van der Waals surface area (Å²) >= 11 is 0. The van der Waals surface area contributed by atoms with Gasteiger partial charge in [-0.3, -0.25) is 9.97 Å². The Morgan fingerprint density at radius 2 is 1.12 bits per heavy atom. The SMILES string of the molecule is CC1(C)[C@@H]2Cc3nc(-c4cccc(-c5ccc6c(n5)C[C@@H]5C[C@H]6C5(C)C)c4)ccc3[C@H]1C2. The smallest absolute Gasteiger partial charge is 0.0705 e. The number of hydrogen-bond donors (Lipinski definition) is 0. The number of pyridine rings is 2. The van der Waals surface area contributed by atoms with Crippen molar-refractivity contribution in [3.63, 3.8) is 0 Å². The van der Waals surface area contributed by atoms with Crippen molar-refractivity contribution >= 4 is 0 Å². The van der Waals surface area contributed by atoms with E-state index >= 15 is 0 Å². The first-order chi connectivity index (χ1) is 15.3. The minimum Gasteiger partial charge on any atom is -0.253 e. The van der Waals surface area contributed by atoms with Crippen LogP contribution in [0.15, 0.2) is 48.5 Å². The van der Waals surface area contributed by atoms with Crippen LogP contribution in [0.25, 0.3) is 22.5 Å². The number of hydrogen-bond acceptors (Lipinski definition) is 2. The second-order valence-electron chi connectivity index (χ2n) is 12.1. The van der Waals surface area contributed by atoms with E-state index < -0.39 is 0 Å². The average Bonchev–Trinajstić information content (AvgIpc) is 2.82. The molecule has 0 radical (unpaired) electrons. The van der Waals surface area contributed by atoms with E-state index in [1.54, 1.807) is 0 Å². The molecule has 0 unspecified atom stereocenters. The Bertz CT molecular complexity index is 1170. The summed E-state index contributed by atoms with van der Waals surface area (Å²) in [6, 6.07) is 18.0. The van der Waals surface area contributed by atoms with E-state index in [4.69, 9.17) is 9.97 Å². The monoisotopic (exact) mass is 420 g/mol. The van der Waals surface area contributed by atoms with Gasteiger partial charge in [0.05, 0.1) is 11.4 Å². The lowest BCUT2D eigenvalue weighted by molar-refractivity contribution is 0.0170. The zero-order chi connectivity index (χ0) is 21.8. The van der Waals surface area contributed by atoms with Gasteiger partial charge in [-0.15, -0.1) is 0 Å². The number of aromatic nitrogens is 2. The van der Waals surface area contributed by atoms with Crippen molar-refractivity contribution in [3.05, 3.63) is 71.0 Å². The van der Waals surface area contributed by atoms with Gasteiger partial charge in [0, 0.05) is 22.5 Å². The molecule has 0 amide bonds. The third-order valence-corrected chi connectivity index (χ3v) is 10.0. The van der Waals surface area contributed by atoms with E-state index in [-0.39, 0.29) is 0 Å². The summed E-state index contributed by atoms with van der Waals surface area (Å²) in [7, 11) is 0. The lowest BCUT2D eigenvalue weighted by atomic mass is 9.48. The molecular weight excluding hydrogens is 388 g/mol. The van der Waals surface area contributed by atoms with Crippen LogP contribution in [0.1, 0.15) is 74.9 Å². The van der Waals surface area contributed by atoms with Crippen molar-refractivity contribution in [1.82, 2.24) is 9.97 Å². The van der Waals surface area contributed by atoms with E-state index in [0.717, 1.165) is 36.1 Å². The quantitative estimate of drug-likeness (QED) is 0.439. The number of benzene rings is 1. The zero-order valence-electron chi connectivity index (χ0n) is 19.7. The molecule has 2 heterocycles. The maximum absolute atomic E-state index is 5.15. The van der Waals surface area contributed by atoms with Crippen LogP contribution in [-0.4, -0.2) is 9.97 Å². The van der Waals surface area contributed by atoms with Gasteiger partial charge < -0.3 is 0 Å². The minimum atomic E-state index is 0.448. The van der Waals surface area contributed by atoms with Gasteiger partial charge in [-0.25, -0.2) is 0 Å². The van der Waals surface area contributed by atoms with E-state index in [9.17, 15) is 0 Å². The maximum atomic E-state index is 5.15. The van der Waals surface area contributed by atoms with Gasteiger partial charge >= 0.3 is 0 Å². The van der Waals surface area contributed by atoms with Gasteiger partial charge in [0.25, 0.3) is 0 Å². The zero-order valence-corrected chi connectivity index (χ0v) is 19.7. The molecule has 2 fully saturated rings. The van der Waals surface area contributed by atoms with Gasteiger partial charge in [0.2, 0.25) is 0 Å². The van der Waals surface area contributed by atoms with Crippen LogP contribution in [0, 0.1) is 22.7 Å². The van der Waals surface area contributed by atoms with Gasteiger partial charge in [-0.1, -0.05) is 58.0 Å². The van der Waals surface area contributed by atoms with Gasteiger partial charge in [-0.2, -0.15) is 0 Å². The van der Waals surface area contributed by atoms with Crippen LogP contribution in [0.5, 0.6) is 0 Å². The van der Waals surface area contributed by atoms with Crippen molar-refractivity contribution in [2.45, 2.75) is 65.2 Å². The Morgan fingerprint density at radius 3 is 1.56 bits per heavy atom. The highest BCUT2D eigenvalue weighted by atomic mass is 14.8. The molecule has 0 saturated heterocycles. The standard InChI is InChI=1S/C30H32N2/c1-29(2)19-13-23(29)21-8-10-25(31-27(21)15-19)17-6-5-7-18(12-17)26-11-9-22-24-14-20(30(24,3)4)16-28(22)32-26/h5-12,19-20,23-24H,13-16H2,1-4H3/t19-,20-,23+,24+/m0/s1. The summed E-state index contributed by atoms with van der Waals surface area (Å²) < 4.78 is 0. The van der Waals surface area contributed by atoms with E-state index in [0.29, 0.717) is 22.7 Å². The predicted molar refractivity (Wildman–Crippen MR) is 130 cm³/mol. The fourth-order valence-corrected chi connectivity index (χ4v) is 7.39. The summed E-state index contributed by atoms with van der Waals surface area (Å²) in [5, 5.41) is 0. The molecule has 4 atom stereocenters. The summed E-state index contributed by atoms with van der Waals surface area (Å²) in [4.78, 5) is 10.3. The third kappa shape index (κ3) is 2.42. The number of nitrogens with zero attached hydrogens (tertiary/aromatic N) is 2. The summed E-state index contributed by atoms with van der Waals surface area (Å²) in [5.41, 5.74) is 11.2. The van der Waals surface area contributed by atoms with Gasteiger partial charge in [0.1, 0.15) is 0 Å². The Kier molecular flexibility index (Phi) is 3.63. The number of rotatable bonds is 2. The van der Waals surface area contributed by atoms with Crippen molar-refractivity contribution in [2.75, 3.05) is 0 Å². The Labute approximate surface area is 191 Å². The molecule has 2 saturated carbocycles. The molecule has 32 heavy (non-hydrogen) atoms. The van der Waals surface area contributed by atoms with E-state index in [1.807, 2.05) is 0 Å². The predicted octanol–water partition coefficient (Wildman–Crippen LogP) is 7.18. The molecule has 162 valence electrons. The van der Waals surface area contributed by atoms with Crippen LogP contribution in [0.3, 0.4) is 0 Å². The molecule has 9 rings (SSSR count). The highest BCUT2D eigenvalue weighted by Gasteiger charge is 2.53. The Hall–Kier alpha value is -2.48. The topological polar surface area (TPSA) is 25.8 Å². The van der Waals surface area contributed by atoms with Crippen LogP contribution in [0.4, 0.5) is 0 Å². The highest BCUT2D eigenvalue weighted by Crippen LogP contribution is 2.62. The Morgan fingerprint density at radius 1 is 0.656 bits per heavy atom. The maximum Gasteiger partial charge on any atom is 0.0705 e. The van der Waals surface area contributed by atoms with Crippen LogP contribution >= 0.6 is 0 Å². The highest BCUT2D eigenvalue weighted by molar-refractivity contribution is 5.70. The summed E-state index contributed by atoms with van der Waals surface area (Å²) in [5.74, 6) is 2.98. The molecule has 1 aromatic carbocycles. The van der Waals surface area contributed by atoms with Crippen LogP contribution < -0.4 is 0 Å². The second-order valence-corrected chi connectivity index (χ2v) is 12.1. The molecule has 2 nitrogen and oxygen atoms in total. The molecular formula is C30H32N2. The Balaban J connectivity index is 1.22.